The van der Waals surface area contributed by atoms with Crippen LogP contribution in [0.3, 0.4) is 0 Å². The second kappa shape index (κ2) is 7.08. The zero-order chi connectivity index (χ0) is 17.9. The van der Waals surface area contributed by atoms with E-state index in [-0.39, 0.29) is 23.6 Å². The van der Waals surface area contributed by atoms with Crippen molar-refractivity contribution in [3.63, 3.8) is 0 Å². The van der Waals surface area contributed by atoms with Gasteiger partial charge in [-0.25, -0.2) is 0 Å². The van der Waals surface area contributed by atoms with Crippen LogP contribution in [-0.2, 0) is 17.8 Å². The van der Waals surface area contributed by atoms with E-state index in [1.807, 2.05) is 6.92 Å². The molecule has 24 heavy (non-hydrogen) atoms. The number of nitrogens with zero attached hydrogens (tertiary/aromatic N) is 2. The molecule has 0 radical (unpaired) electrons. The molecule has 0 aliphatic heterocycles. The molecule has 7 heteroatoms. The second-order valence-electron chi connectivity index (χ2n) is 5.56. The first-order chi connectivity index (χ1) is 11.3. The molecule has 0 spiro atoms. The molecule has 0 atom stereocenters. The van der Waals surface area contributed by atoms with Crippen LogP contribution in [0.1, 0.15) is 23.9 Å². The minimum atomic E-state index is -0.454. The fourth-order valence-electron chi connectivity index (χ4n) is 2.59. The molecule has 0 unspecified atom stereocenters. The molecule has 1 aromatic carbocycles. The molecule has 1 N–H and O–H groups in total. The molecule has 2 aromatic rings. The number of anilines is 1. The summed E-state index contributed by atoms with van der Waals surface area (Å²) in [6.07, 6.45) is 0.542. The summed E-state index contributed by atoms with van der Waals surface area (Å²) in [5.41, 5.74) is 2.24. The molecular formula is C17H19N3O4. The van der Waals surface area contributed by atoms with Crippen LogP contribution >= 0.6 is 0 Å². The Hall–Kier alpha value is -2.96. The summed E-state index contributed by atoms with van der Waals surface area (Å²) in [5, 5.41) is 13.8. The zero-order valence-electron chi connectivity index (χ0n) is 13.8. The summed E-state index contributed by atoms with van der Waals surface area (Å²) < 4.78 is 1.71. The number of nitro benzene ring substituents is 1. The van der Waals surface area contributed by atoms with Crippen LogP contribution in [0, 0.1) is 24.0 Å². The van der Waals surface area contributed by atoms with Crippen molar-refractivity contribution < 1.29 is 9.72 Å². The lowest BCUT2D eigenvalue weighted by Gasteiger charge is -2.14. The van der Waals surface area contributed by atoms with Crippen molar-refractivity contribution in [1.29, 1.82) is 0 Å². The third-order valence-electron chi connectivity index (χ3n) is 3.80. The Balaban J connectivity index is 2.20. The lowest BCUT2D eigenvalue weighted by Crippen LogP contribution is -2.23. The van der Waals surface area contributed by atoms with Crippen LogP contribution in [0.2, 0.25) is 0 Å². The van der Waals surface area contributed by atoms with Crippen molar-refractivity contribution in [3.05, 3.63) is 67.6 Å². The summed E-state index contributed by atoms with van der Waals surface area (Å²) in [4.78, 5) is 34.3. The van der Waals surface area contributed by atoms with E-state index in [0.29, 0.717) is 29.1 Å². The smallest absolute Gasteiger partial charge is 0.274 e. The first-order valence-corrected chi connectivity index (χ1v) is 7.57. The Morgan fingerprint density at radius 3 is 2.38 bits per heavy atom. The van der Waals surface area contributed by atoms with Gasteiger partial charge in [-0.05, 0) is 26.3 Å². The first kappa shape index (κ1) is 17.4. The highest BCUT2D eigenvalue weighted by molar-refractivity contribution is 5.91. The number of nitro groups is 1. The summed E-state index contributed by atoms with van der Waals surface area (Å²) >= 11 is 0. The van der Waals surface area contributed by atoms with Crippen LogP contribution in [0.5, 0.6) is 0 Å². The van der Waals surface area contributed by atoms with Crippen molar-refractivity contribution in [3.8, 4) is 0 Å². The van der Waals surface area contributed by atoms with Crippen molar-refractivity contribution in [2.24, 2.45) is 0 Å². The SMILES string of the molecule is CCc1ccc(NC(=O)Cn2c(C)cc(=O)cc2C)cc1[N+](=O)[O-]. The summed E-state index contributed by atoms with van der Waals surface area (Å²) in [5.74, 6) is -0.316. The Labute approximate surface area is 139 Å². The topological polar surface area (TPSA) is 94.2 Å². The van der Waals surface area contributed by atoms with E-state index in [9.17, 15) is 19.7 Å². The van der Waals surface area contributed by atoms with Gasteiger partial charge in [0.15, 0.2) is 5.43 Å². The normalized spacial score (nSPS) is 10.5. The minimum absolute atomic E-state index is 0.00831. The standard InChI is InChI=1S/C17H19N3O4/c1-4-13-5-6-14(9-16(13)20(23)24)18-17(22)10-19-11(2)7-15(21)8-12(19)3/h5-9H,4,10H2,1-3H3,(H,18,22). The summed E-state index contributed by atoms with van der Waals surface area (Å²) in [7, 11) is 0. The average Bonchev–Trinajstić information content (AvgIpc) is 2.50. The number of aromatic nitrogens is 1. The van der Waals surface area contributed by atoms with Gasteiger partial charge >= 0.3 is 0 Å². The van der Waals surface area contributed by atoms with Gasteiger partial charge in [-0.3, -0.25) is 19.7 Å². The number of aryl methyl sites for hydroxylation is 3. The molecule has 0 bridgehead atoms. The lowest BCUT2D eigenvalue weighted by molar-refractivity contribution is -0.385. The molecule has 1 aromatic heterocycles. The molecule has 1 amide bonds. The third kappa shape index (κ3) is 3.87. The zero-order valence-corrected chi connectivity index (χ0v) is 13.8. The molecular weight excluding hydrogens is 310 g/mol. The number of hydrogen-bond acceptors (Lipinski definition) is 4. The number of rotatable bonds is 5. The van der Waals surface area contributed by atoms with Crippen LogP contribution in [0.25, 0.3) is 0 Å². The van der Waals surface area contributed by atoms with Crippen LogP contribution < -0.4 is 10.7 Å². The van der Waals surface area contributed by atoms with Gasteiger partial charge in [-0.15, -0.1) is 0 Å². The van der Waals surface area contributed by atoms with Gasteiger partial charge in [-0.1, -0.05) is 13.0 Å². The largest absolute Gasteiger partial charge is 0.340 e. The summed E-state index contributed by atoms with van der Waals surface area (Å²) in [6, 6.07) is 7.57. The molecule has 2 rings (SSSR count). The van der Waals surface area contributed by atoms with Crippen molar-refractivity contribution in [2.75, 3.05) is 5.32 Å². The highest BCUT2D eigenvalue weighted by Crippen LogP contribution is 2.23. The van der Waals surface area contributed by atoms with Gasteiger partial charge < -0.3 is 9.88 Å². The predicted molar refractivity (Wildman–Crippen MR) is 91.3 cm³/mol. The molecule has 1 heterocycles. The fourth-order valence-corrected chi connectivity index (χ4v) is 2.59. The van der Waals surface area contributed by atoms with E-state index in [2.05, 4.69) is 5.32 Å². The third-order valence-corrected chi connectivity index (χ3v) is 3.80. The molecule has 0 aliphatic carbocycles. The van der Waals surface area contributed by atoms with E-state index >= 15 is 0 Å². The van der Waals surface area contributed by atoms with Gasteiger partial charge in [0.25, 0.3) is 5.69 Å². The average molecular weight is 329 g/mol. The Morgan fingerprint density at radius 2 is 1.83 bits per heavy atom. The van der Waals surface area contributed by atoms with Gasteiger partial charge in [0, 0.05) is 40.8 Å². The second-order valence-corrected chi connectivity index (χ2v) is 5.56. The molecule has 0 aliphatic rings. The molecule has 0 saturated carbocycles. The number of carbonyl (C=O) groups is 1. The van der Waals surface area contributed by atoms with Crippen molar-refractivity contribution in [1.82, 2.24) is 4.57 Å². The Morgan fingerprint density at radius 1 is 1.21 bits per heavy atom. The lowest BCUT2D eigenvalue weighted by atomic mass is 10.1. The predicted octanol–water partition coefficient (Wildman–Crippen LogP) is 2.57. The quantitative estimate of drug-likeness (QED) is 0.674. The van der Waals surface area contributed by atoms with E-state index in [1.54, 1.807) is 30.5 Å². The van der Waals surface area contributed by atoms with E-state index in [1.165, 1.54) is 18.2 Å². The summed E-state index contributed by atoms with van der Waals surface area (Å²) in [6.45, 7) is 5.37. The molecule has 0 saturated heterocycles. The highest BCUT2D eigenvalue weighted by atomic mass is 16.6. The number of nitrogens with one attached hydrogen (secondary N) is 1. The van der Waals surface area contributed by atoms with Crippen LogP contribution in [0.15, 0.2) is 35.1 Å². The molecule has 7 nitrogen and oxygen atoms in total. The number of amides is 1. The van der Waals surface area contributed by atoms with Gasteiger partial charge in [0.1, 0.15) is 6.54 Å². The van der Waals surface area contributed by atoms with E-state index in [4.69, 9.17) is 0 Å². The number of hydrogen-bond donors (Lipinski definition) is 1. The van der Waals surface area contributed by atoms with E-state index < -0.39 is 4.92 Å². The van der Waals surface area contributed by atoms with Gasteiger partial charge in [0.2, 0.25) is 5.91 Å². The maximum Gasteiger partial charge on any atom is 0.274 e. The minimum Gasteiger partial charge on any atom is -0.340 e. The number of carbonyl (C=O) groups excluding carboxylic acids is 1. The monoisotopic (exact) mass is 329 g/mol. The van der Waals surface area contributed by atoms with Crippen LogP contribution in [0.4, 0.5) is 11.4 Å². The Bertz CT molecular complexity index is 829. The Kier molecular flexibility index (Phi) is 5.13. The number of pyridine rings is 1. The van der Waals surface area contributed by atoms with Crippen molar-refractivity contribution >= 4 is 17.3 Å². The fraction of sp³-hybridized carbons (Fsp3) is 0.294. The molecule has 126 valence electrons. The van der Waals surface area contributed by atoms with Gasteiger partial charge in [0.05, 0.1) is 4.92 Å². The van der Waals surface area contributed by atoms with Gasteiger partial charge in [-0.2, -0.15) is 0 Å². The maximum absolute atomic E-state index is 12.2. The first-order valence-electron chi connectivity index (χ1n) is 7.57. The van der Waals surface area contributed by atoms with Crippen LogP contribution in [-0.4, -0.2) is 15.4 Å². The highest BCUT2D eigenvalue weighted by Gasteiger charge is 2.14. The number of benzene rings is 1. The molecule has 0 fully saturated rings. The maximum atomic E-state index is 12.2. The van der Waals surface area contributed by atoms with E-state index in [0.717, 1.165) is 0 Å². The van der Waals surface area contributed by atoms with Crippen molar-refractivity contribution in [2.45, 2.75) is 33.7 Å².